The molecule has 3 N–H and O–H groups in total. The maximum absolute atomic E-state index is 11.7. The van der Waals surface area contributed by atoms with Crippen LogP contribution in [0.4, 0.5) is 10.5 Å². The number of fused-ring (bicyclic) bond motifs is 1. The van der Waals surface area contributed by atoms with Crippen molar-refractivity contribution in [2.75, 3.05) is 13.2 Å². The average molecular weight is 367 g/mol. The van der Waals surface area contributed by atoms with Crippen LogP contribution in [0, 0.1) is 6.92 Å². The lowest BCUT2D eigenvalue weighted by molar-refractivity contribution is 0.0664. The highest BCUT2D eigenvalue weighted by Gasteiger charge is 2.05. The summed E-state index contributed by atoms with van der Waals surface area (Å²) in [6, 6.07) is 17.0. The zero-order chi connectivity index (χ0) is 19.1. The van der Waals surface area contributed by atoms with E-state index in [-0.39, 0.29) is 19.2 Å². The number of alkyl carbamates (subject to hydrolysis) is 1. The Morgan fingerprint density at radius 1 is 1.15 bits per heavy atom. The van der Waals surface area contributed by atoms with Gasteiger partial charge in [-0.3, -0.25) is 5.32 Å². The van der Waals surface area contributed by atoms with Crippen LogP contribution in [0.1, 0.15) is 11.3 Å². The quantitative estimate of drug-likeness (QED) is 0.394. The summed E-state index contributed by atoms with van der Waals surface area (Å²) in [5.74, 6) is 0.764. The number of aliphatic imine (C=N–C) groups is 1. The van der Waals surface area contributed by atoms with E-state index in [1.807, 2.05) is 49.4 Å². The number of benzene rings is 2. The molecular weight excluding hydrogens is 346 g/mol. The zero-order valence-electron chi connectivity index (χ0n) is 15.0. The summed E-state index contributed by atoms with van der Waals surface area (Å²) in [6.45, 7) is 2.74. The molecule has 0 saturated heterocycles. The number of hydrogen-bond acceptors (Lipinski definition) is 5. The summed E-state index contributed by atoms with van der Waals surface area (Å²) in [4.78, 5) is 15.9. The molecule has 7 nitrogen and oxygen atoms in total. The number of carbonyl (C=O) groups excluding carboxylic acids is 1. The number of aryl methyl sites for hydroxylation is 1. The van der Waals surface area contributed by atoms with Crippen LogP contribution in [0.2, 0.25) is 0 Å². The van der Waals surface area contributed by atoms with E-state index in [0.29, 0.717) is 12.3 Å². The van der Waals surface area contributed by atoms with E-state index in [1.54, 1.807) is 12.1 Å². The molecule has 0 aliphatic heterocycles. The van der Waals surface area contributed by atoms with E-state index in [0.717, 1.165) is 22.3 Å². The van der Waals surface area contributed by atoms with Gasteiger partial charge < -0.3 is 19.6 Å². The molecule has 7 heteroatoms. The SMILES string of the molecule is Cc1cc2cc(N=C(N)NC(=O)OCCOCc3ccccc3)ccc2o1. The number of rotatable bonds is 6. The van der Waals surface area contributed by atoms with Crippen molar-refractivity contribution in [3.8, 4) is 0 Å². The highest BCUT2D eigenvalue weighted by molar-refractivity contribution is 5.94. The lowest BCUT2D eigenvalue weighted by atomic mass is 10.2. The standard InChI is InChI=1S/C20H21N3O4/c1-14-11-16-12-17(7-8-18(16)27-14)22-19(21)23-20(24)26-10-9-25-13-15-5-3-2-4-6-15/h2-8,11-12H,9-10,13H2,1H3,(H3,21,22,23,24). The third-order valence-corrected chi connectivity index (χ3v) is 3.68. The second-order valence-electron chi connectivity index (χ2n) is 5.88. The molecule has 0 atom stereocenters. The normalized spacial score (nSPS) is 11.5. The van der Waals surface area contributed by atoms with Gasteiger partial charge in [0.2, 0.25) is 5.96 Å². The van der Waals surface area contributed by atoms with Gasteiger partial charge in [0.05, 0.1) is 18.9 Å². The first kappa shape index (κ1) is 18.5. The van der Waals surface area contributed by atoms with Gasteiger partial charge in [-0.1, -0.05) is 30.3 Å². The van der Waals surface area contributed by atoms with Crippen molar-refractivity contribution < 1.29 is 18.7 Å². The number of nitrogens with two attached hydrogens (primary N) is 1. The van der Waals surface area contributed by atoms with Gasteiger partial charge in [0.15, 0.2) is 0 Å². The summed E-state index contributed by atoms with van der Waals surface area (Å²) >= 11 is 0. The van der Waals surface area contributed by atoms with Crippen LogP contribution in [0.15, 0.2) is 64.0 Å². The summed E-state index contributed by atoms with van der Waals surface area (Å²) in [7, 11) is 0. The molecule has 3 aromatic rings. The average Bonchev–Trinajstić information content (AvgIpc) is 3.01. The van der Waals surface area contributed by atoms with E-state index < -0.39 is 6.09 Å². The van der Waals surface area contributed by atoms with Crippen molar-refractivity contribution in [2.24, 2.45) is 10.7 Å². The Morgan fingerprint density at radius 2 is 1.96 bits per heavy atom. The van der Waals surface area contributed by atoms with Crippen LogP contribution < -0.4 is 11.1 Å². The molecule has 3 rings (SSSR count). The number of furan rings is 1. The number of hydrogen-bond donors (Lipinski definition) is 2. The highest BCUT2D eigenvalue weighted by Crippen LogP contribution is 2.24. The van der Waals surface area contributed by atoms with Crippen LogP contribution in [-0.4, -0.2) is 25.3 Å². The van der Waals surface area contributed by atoms with Crippen molar-refractivity contribution in [3.63, 3.8) is 0 Å². The Bertz CT molecular complexity index is 935. The fourth-order valence-corrected chi connectivity index (χ4v) is 2.50. The van der Waals surface area contributed by atoms with E-state index in [4.69, 9.17) is 19.6 Å². The summed E-state index contributed by atoms with van der Waals surface area (Å²) in [6.07, 6.45) is -0.681. The van der Waals surface area contributed by atoms with E-state index in [9.17, 15) is 4.79 Å². The monoisotopic (exact) mass is 367 g/mol. The van der Waals surface area contributed by atoms with Gasteiger partial charge >= 0.3 is 6.09 Å². The number of ether oxygens (including phenoxy) is 2. The number of nitrogens with zero attached hydrogens (tertiary/aromatic N) is 1. The first-order valence-corrected chi connectivity index (χ1v) is 8.50. The van der Waals surface area contributed by atoms with E-state index in [1.165, 1.54) is 0 Å². The molecule has 0 fully saturated rings. The van der Waals surface area contributed by atoms with Crippen molar-refractivity contribution in [1.82, 2.24) is 5.32 Å². The van der Waals surface area contributed by atoms with Gasteiger partial charge in [-0.05, 0) is 36.8 Å². The van der Waals surface area contributed by atoms with Crippen LogP contribution in [0.3, 0.4) is 0 Å². The van der Waals surface area contributed by atoms with Gasteiger partial charge in [0.1, 0.15) is 18.0 Å². The molecule has 1 amide bonds. The van der Waals surface area contributed by atoms with Gasteiger partial charge in [0, 0.05) is 5.39 Å². The van der Waals surface area contributed by atoms with Crippen molar-refractivity contribution in [1.29, 1.82) is 0 Å². The molecule has 1 heterocycles. The molecule has 1 aromatic heterocycles. The Hall–Kier alpha value is -3.32. The van der Waals surface area contributed by atoms with Gasteiger partial charge in [-0.25, -0.2) is 9.79 Å². The maximum Gasteiger partial charge on any atom is 0.414 e. The van der Waals surface area contributed by atoms with Crippen molar-refractivity contribution >= 4 is 28.7 Å². The minimum absolute atomic E-state index is 0.0511. The lowest BCUT2D eigenvalue weighted by Gasteiger charge is -2.07. The Morgan fingerprint density at radius 3 is 2.78 bits per heavy atom. The fourth-order valence-electron chi connectivity index (χ4n) is 2.50. The smallest absolute Gasteiger partial charge is 0.414 e. The van der Waals surface area contributed by atoms with E-state index >= 15 is 0 Å². The first-order chi connectivity index (χ1) is 13.1. The molecule has 0 unspecified atom stereocenters. The Balaban J connectivity index is 1.41. The van der Waals surface area contributed by atoms with Crippen LogP contribution in [0.5, 0.6) is 0 Å². The highest BCUT2D eigenvalue weighted by atomic mass is 16.6. The number of guanidine groups is 1. The molecule has 0 saturated carbocycles. The van der Waals surface area contributed by atoms with Gasteiger partial charge in [-0.15, -0.1) is 0 Å². The summed E-state index contributed by atoms with van der Waals surface area (Å²) in [5.41, 5.74) is 8.18. The zero-order valence-corrected chi connectivity index (χ0v) is 15.0. The number of nitrogens with one attached hydrogen (secondary N) is 1. The topological polar surface area (TPSA) is 99.1 Å². The van der Waals surface area contributed by atoms with Gasteiger partial charge in [0.25, 0.3) is 0 Å². The van der Waals surface area contributed by atoms with Crippen LogP contribution in [-0.2, 0) is 16.1 Å². The molecule has 140 valence electrons. The molecule has 2 aromatic carbocycles. The molecule has 0 bridgehead atoms. The van der Waals surface area contributed by atoms with Crippen molar-refractivity contribution in [2.45, 2.75) is 13.5 Å². The molecule has 0 aliphatic rings. The minimum Gasteiger partial charge on any atom is -0.461 e. The Kier molecular flexibility index (Phi) is 6.06. The molecule has 0 spiro atoms. The maximum atomic E-state index is 11.7. The van der Waals surface area contributed by atoms with Crippen LogP contribution >= 0.6 is 0 Å². The number of carbonyl (C=O) groups is 1. The summed E-state index contributed by atoms with van der Waals surface area (Å²) < 4.78 is 16.0. The van der Waals surface area contributed by atoms with Crippen LogP contribution in [0.25, 0.3) is 11.0 Å². The number of amides is 1. The first-order valence-electron chi connectivity index (χ1n) is 8.50. The largest absolute Gasteiger partial charge is 0.461 e. The molecule has 0 radical (unpaired) electrons. The summed E-state index contributed by atoms with van der Waals surface area (Å²) in [5, 5.41) is 3.29. The molecule has 0 aliphatic carbocycles. The fraction of sp³-hybridized carbons (Fsp3) is 0.200. The second kappa shape index (κ2) is 8.86. The molecular formula is C20H21N3O4. The minimum atomic E-state index is -0.681. The van der Waals surface area contributed by atoms with Crippen molar-refractivity contribution in [3.05, 3.63) is 65.9 Å². The predicted octanol–water partition coefficient (Wildman–Crippen LogP) is 3.63. The third kappa shape index (κ3) is 5.58. The third-order valence-electron chi connectivity index (χ3n) is 3.68. The van der Waals surface area contributed by atoms with E-state index in [2.05, 4.69) is 10.3 Å². The Labute approximate surface area is 156 Å². The predicted molar refractivity (Wildman–Crippen MR) is 103 cm³/mol. The second-order valence-corrected chi connectivity index (χ2v) is 5.88. The molecule has 27 heavy (non-hydrogen) atoms. The van der Waals surface area contributed by atoms with Gasteiger partial charge in [-0.2, -0.15) is 0 Å². The lowest BCUT2D eigenvalue weighted by Crippen LogP contribution is -2.37.